The van der Waals surface area contributed by atoms with Crippen molar-refractivity contribution in [2.24, 2.45) is 0 Å². The van der Waals surface area contributed by atoms with Crippen molar-refractivity contribution < 1.29 is 19.1 Å². The van der Waals surface area contributed by atoms with Gasteiger partial charge in [-0.2, -0.15) is 0 Å². The van der Waals surface area contributed by atoms with Gasteiger partial charge in [0.05, 0.1) is 0 Å². The zero-order valence-electron chi connectivity index (χ0n) is 17.6. The van der Waals surface area contributed by atoms with Gasteiger partial charge in [-0.25, -0.2) is 0 Å². The summed E-state index contributed by atoms with van der Waals surface area (Å²) in [5.41, 5.74) is 2.92. The third-order valence-corrected chi connectivity index (χ3v) is 5.44. The van der Waals surface area contributed by atoms with Gasteiger partial charge in [0.15, 0.2) is 18.1 Å². The molecule has 0 bridgehead atoms. The number of carbonyl (C=O) groups excluding carboxylic acids is 2. The topological polar surface area (TPSA) is 67.9 Å². The van der Waals surface area contributed by atoms with Crippen molar-refractivity contribution in [3.05, 3.63) is 59.2 Å². The molecule has 0 atom stereocenters. The summed E-state index contributed by atoms with van der Waals surface area (Å²) in [6, 6.07) is 13.8. The number of ether oxygens (including phenoxy) is 2. The second kappa shape index (κ2) is 8.38. The van der Waals surface area contributed by atoms with Crippen LogP contribution >= 0.6 is 0 Å². The zero-order chi connectivity index (χ0) is 21.1. The standard InChI is InChI=1S/C24H28N2O4/c1-24(2)13-19-8-4-9-20(23(19)30-24)29-16-21(27)25-14-17-6-3-7-18(12-17)15-26-11-5-10-22(26)28/h3-4,6-9,12H,5,10-11,13-16H2,1-2H3,(H,25,27). The largest absolute Gasteiger partial charge is 0.483 e. The highest BCUT2D eigenvalue weighted by Crippen LogP contribution is 2.41. The molecular formula is C24H28N2O4. The number of hydrogen-bond acceptors (Lipinski definition) is 4. The highest BCUT2D eigenvalue weighted by Gasteiger charge is 2.32. The quantitative estimate of drug-likeness (QED) is 0.764. The van der Waals surface area contributed by atoms with E-state index in [2.05, 4.69) is 5.32 Å². The van der Waals surface area contributed by atoms with Gasteiger partial charge in [-0.15, -0.1) is 0 Å². The van der Waals surface area contributed by atoms with Crippen LogP contribution in [-0.4, -0.2) is 35.5 Å². The Morgan fingerprint density at radius 3 is 2.80 bits per heavy atom. The molecule has 0 saturated carbocycles. The van der Waals surface area contributed by atoms with Crippen molar-refractivity contribution in [2.45, 2.75) is 51.8 Å². The Bertz CT molecular complexity index is 954. The number of para-hydroxylation sites is 1. The first kappa shape index (κ1) is 20.3. The predicted octanol–water partition coefficient (Wildman–Crippen LogP) is 3.22. The van der Waals surface area contributed by atoms with Crippen LogP contribution in [0.2, 0.25) is 0 Å². The highest BCUT2D eigenvalue weighted by atomic mass is 16.5. The molecule has 1 saturated heterocycles. The molecule has 2 amide bonds. The van der Waals surface area contributed by atoms with Gasteiger partial charge in [-0.3, -0.25) is 9.59 Å². The average Bonchev–Trinajstić information content (AvgIpc) is 3.26. The number of rotatable bonds is 7. The average molecular weight is 408 g/mol. The van der Waals surface area contributed by atoms with E-state index in [4.69, 9.17) is 9.47 Å². The summed E-state index contributed by atoms with van der Waals surface area (Å²) >= 11 is 0. The Morgan fingerprint density at radius 2 is 2.00 bits per heavy atom. The molecule has 2 aromatic carbocycles. The Kier molecular flexibility index (Phi) is 5.66. The van der Waals surface area contributed by atoms with Crippen LogP contribution in [0.1, 0.15) is 43.4 Å². The Balaban J connectivity index is 1.28. The first-order valence-electron chi connectivity index (χ1n) is 10.5. The maximum absolute atomic E-state index is 12.3. The van der Waals surface area contributed by atoms with Gasteiger partial charge in [0.25, 0.3) is 5.91 Å². The van der Waals surface area contributed by atoms with Crippen LogP contribution in [0.25, 0.3) is 0 Å². The first-order valence-corrected chi connectivity index (χ1v) is 10.5. The number of benzene rings is 2. The summed E-state index contributed by atoms with van der Waals surface area (Å²) in [6.07, 6.45) is 2.40. The molecule has 158 valence electrons. The Labute approximate surface area is 177 Å². The van der Waals surface area contributed by atoms with Gasteiger partial charge in [0.2, 0.25) is 5.91 Å². The van der Waals surface area contributed by atoms with Crippen LogP contribution in [0.5, 0.6) is 11.5 Å². The summed E-state index contributed by atoms with van der Waals surface area (Å²) < 4.78 is 11.7. The third kappa shape index (κ3) is 4.75. The molecule has 4 rings (SSSR count). The molecule has 0 unspecified atom stereocenters. The van der Waals surface area contributed by atoms with Gasteiger partial charge in [0, 0.05) is 38.0 Å². The molecule has 0 aromatic heterocycles. The lowest BCUT2D eigenvalue weighted by atomic mass is 10.0. The molecule has 0 spiro atoms. The minimum absolute atomic E-state index is 0.0672. The van der Waals surface area contributed by atoms with Crippen LogP contribution in [0.15, 0.2) is 42.5 Å². The van der Waals surface area contributed by atoms with E-state index < -0.39 is 0 Å². The van der Waals surface area contributed by atoms with Crippen LogP contribution in [-0.2, 0) is 29.1 Å². The molecule has 1 fully saturated rings. The van der Waals surface area contributed by atoms with Crippen LogP contribution in [0.4, 0.5) is 0 Å². The highest BCUT2D eigenvalue weighted by molar-refractivity contribution is 5.78. The van der Waals surface area contributed by atoms with Crippen molar-refractivity contribution in [1.82, 2.24) is 10.2 Å². The van der Waals surface area contributed by atoms with Crippen LogP contribution < -0.4 is 14.8 Å². The van der Waals surface area contributed by atoms with E-state index in [1.54, 1.807) is 0 Å². The first-order chi connectivity index (χ1) is 14.4. The van der Waals surface area contributed by atoms with Crippen LogP contribution in [0.3, 0.4) is 0 Å². The smallest absolute Gasteiger partial charge is 0.258 e. The summed E-state index contributed by atoms with van der Waals surface area (Å²) in [6.45, 7) is 5.87. The monoisotopic (exact) mass is 408 g/mol. The molecule has 2 aliphatic rings. The summed E-state index contributed by atoms with van der Waals surface area (Å²) in [7, 11) is 0. The molecular weight excluding hydrogens is 380 g/mol. The molecule has 2 aromatic rings. The molecule has 6 heteroatoms. The van der Waals surface area contributed by atoms with Crippen molar-refractivity contribution in [1.29, 1.82) is 0 Å². The molecule has 2 heterocycles. The van der Waals surface area contributed by atoms with E-state index in [1.165, 1.54) is 0 Å². The van der Waals surface area contributed by atoms with E-state index in [-0.39, 0.29) is 24.0 Å². The molecule has 1 N–H and O–H groups in total. The van der Waals surface area contributed by atoms with Gasteiger partial charge >= 0.3 is 0 Å². The summed E-state index contributed by atoms with van der Waals surface area (Å²) in [5, 5.41) is 2.90. The van der Waals surface area contributed by atoms with Crippen molar-refractivity contribution in [3.63, 3.8) is 0 Å². The van der Waals surface area contributed by atoms with E-state index in [0.29, 0.717) is 25.3 Å². The Hall–Kier alpha value is -3.02. The number of fused-ring (bicyclic) bond motifs is 1. The van der Waals surface area contributed by atoms with E-state index >= 15 is 0 Å². The summed E-state index contributed by atoms with van der Waals surface area (Å²) in [5.74, 6) is 1.36. The maximum Gasteiger partial charge on any atom is 0.258 e. The fourth-order valence-electron chi connectivity index (χ4n) is 4.03. The van der Waals surface area contributed by atoms with Gasteiger partial charge in [0.1, 0.15) is 5.60 Å². The number of likely N-dealkylation sites (tertiary alicyclic amines) is 1. The summed E-state index contributed by atoms with van der Waals surface area (Å²) in [4.78, 5) is 26.0. The molecule has 6 nitrogen and oxygen atoms in total. The SMILES string of the molecule is CC1(C)Cc2cccc(OCC(=O)NCc3cccc(CN4CCCC4=O)c3)c2O1. The minimum atomic E-state index is -0.255. The number of hydrogen-bond donors (Lipinski definition) is 1. The van der Waals surface area contributed by atoms with Gasteiger partial charge < -0.3 is 19.7 Å². The molecule has 30 heavy (non-hydrogen) atoms. The van der Waals surface area contributed by atoms with Crippen molar-refractivity contribution in [3.8, 4) is 11.5 Å². The van der Waals surface area contributed by atoms with E-state index in [1.807, 2.05) is 61.2 Å². The number of carbonyl (C=O) groups is 2. The Morgan fingerprint density at radius 1 is 1.20 bits per heavy atom. The minimum Gasteiger partial charge on any atom is -0.483 e. The van der Waals surface area contributed by atoms with E-state index in [0.717, 1.165) is 41.8 Å². The maximum atomic E-state index is 12.3. The second-order valence-electron chi connectivity index (χ2n) is 8.59. The lowest BCUT2D eigenvalue weighted by molar-refractivity contribution is -0.128. The molecule has 0 radical (unpaired) electrons. The molecule has 0 aliphatic carbocycles. The number of nitrogens with one attached hydrogen (secondary N) is 1. The fourth-order valence-corrected chi connectivity index (χ4v) is 4.03. The van der Waals surface area contributed by atoms with Crippen LogP contribution in [0, 0.1) is 0 Å². The number of nitrogens with zero attached hydrogens (tertiary/aromatic N) is 1. The third-order valence-electron chi connectivity index (χ3n) is 5.44. The lowest BCUT2D eigenvalue weighted by Crippen LogP contribution is -2.29. The van der Waals surface area contributed by atoms with E-state index in [9.17, 15) is 9.59 Å². The zero-order valence-corrected chi connectivity index (χ0v) is 17.6. The van der Waals surface area contributed by atoms with Crippen molar-refractivity contribution in [2.75, 3.05) is 13.2 Å². The second-order valence-corrected chi connectivity index (χ2v) is 8.59. The van der Waals surface area contributed by atoms with Crippen molar-refractivity contribution >= 4 is 11.8 Å². The molecule has 2 aliphatic heterocycles. The van der Waals surface area contributed by atoms with Gasteiger partial charge in [-0.05, 0) is 37.5 Å². The normalized spacial score (nSPS) is 16.9. The number of amides is 2. The fraction of sp³-hybridized carbons (Fsp3) is 0.417. The van der Waals surface area contributed by atoms with Gasteiger partial charge in [-0.1, -0.05) is 36.4 Å². The lowest BCUT2D eigenvalue weighted by Gasteiger charge is -2.18. The predicted molar refractivity (Wildman–Crippen MR) is 113 cm³/mol.